The summed E-state index contributed by atoms with van der Waals surface area (Å²) in [5, 5.41) is 0. The molecule has 0 spiro atoms. The van der Waals surface area contributed by atoms with Gasteiger partial charge in [0.2, 0.25) is 0 Å². The highest BCUT2D eigenvalue weighted by Gasteiger charge is 2.29. The molecule has 40 heavy (non-hydrogen) atoms. The Morgan fingerprint density at radius 1 is 0.250 bits per heavy atom. The summed E-state index contributed by atoms with van der Waals surface area (Å²) in [5.74, 6) is -0.764. The van der Waals surface area contributed by atoms with Crippen molar-refractivity contribution in [3.05, 3.63) is 163 Å². The molecule has 4 heteroatoms. The third-order valence-electron chi connectivity index (χ3n) is 6.80. The van der Waals surface area contributed by atoms with Gasteiger partial charge < -0.3 is 0 Å². The zero-order valence-electron chi connectivity index (χ0n) is 21.4. The van der Waals surface area contributed by atoms with E-state index in [9.17, 15) is 13.2 Å². The second-order valence-corrected chi connectivity index (χ2v) is 11.4. The van der Waals surface area contributed by atoms with Gasteiger partial charge in [-0.3, -0.25) is 0 Å². The molecule has 0 aliphatic carbocycles. The van der Waals surface area contributed by atoms with Crippen molar-refractivity contribution in [2.24, 2.45) is 0 Å². The lowest BCUT2D eigenvalue weighted by atomic mass is 10.1. The van der Waals surface area contributed by atoms with Crippen LogP contribution < -0.4 is 0 Å². The van der Waals surface area contributed by atoms with Crippen molar-refractivity contribution in [3.8, 4) is 33.4 Å². The lowest BCUT2D eigenvalue weighted by Crippen LogP contribution is -2.05. The molecule has 6 aromatic rings. The molecule has 6 aromatic carbocycles. The van der Waals surface area contributed by atoms with Crippen molar-refractivity contribution in [2.75, 3.05) is 0 Å². The highest BCUT2D eigenvalue weighted by Crippen LogP contribution is 2.35. The van der Waals surface area contributed by atoms with E-state index in [2.05, 4.69) is 72.8 Å². The largest absolute Gasteiger partial charge is 0.207 e. The summed E-state index contributed by atoms with van der Waals surface area (Å²) in [7, 11) is -0.400. The maximum atomic E-state index is 13.4. The van der Waals surface area contributed by atoms with Gasteiger partial charge in [0.05, 0.1) is 10.9 Å². The Morgan fingerprint density at radius 3 is 0.625 bits per heavy atom. The minimum Gasteiger partial charge on any atom is -0.207 e. The van der Waals surface area contributed by atoms with E-state index in [4.69, 9.17) is 0 Å². The average Bonchev–Trinajstić information content (AvgIpc) is 3.00. The van der Waals surface area contributed by atoms with Crippen LogP contribution in [0.25, 0.3) is 33.4 Å². The quantitative estimate of drug-likeness (QED) is 0.183. The SMILES string of the molecule is Fc1ccc(-c2ccc([S+](c3ccc(-c4ccc(F)cc4)cc3)c3ccc(-c4ccc(F)cc4)cc3)cc2)cc1. The van der Waals surface area contributed by atoms with Crippen LogP contribution in [0.15, 0.2) is 160 Å². The van der Waals surface area contributed by atoms with Crippen LogP contribution in [0.5, 0.6) is 0 Å². The predicted molar refractivity (Wildman–Crippen MR) is 158 cm³/mol. The fourth-order valence-electron chi connectivity index (χ4n) is 4.69. The Labute approximate surface area is 234 Å². The summed E-state index contributed by atoms with van der Waals surface area (Å²) in [6.45, 7) is 0. The number of rotatable bonds is 6. The summed E-state index contributed by atoms with van der Waals surface area (Å²) in [6.07, 6.45) is 0. The molecule has 0 aliphatic rings. The van der Waals surface area contributed by atoms with Gasteiger partial charge in [-0.2, -0.15) is 0 Å². The van der Waals surface area contributed by atoms with Crippen LogP contribution in [0.3, 0.4) is 0 Å². The van der Waals surface area contributed by atoms with Crippen LogP contribution >= 0.6 is 0 Å². The van der Waals surface area contributed by atoms with Gasteiger partial charge in [-0.1, -0.05) is 36.4 Å². The van der Waals surface area contributed by atoms with Crippen LogP contribution in [0.1, 0.15) is 0 Å². The average molecular weight is 546 g/mol. The molecule has 0 unspecified atom stereocenters. The van der Waals surface area contributed by atoms with Crippen LogP contribution in [-0.4, -0.2) is 0 Å². The zero-order chi connectivity index (χ0) is 27.5. The van der Waals surface area contributed by atoms with Crippen molar-refractivity contribution in [1.29, 1.82) is 0 Å². The molecular formula is C36H24F3S+. The second-order valence-electron chi connectivity index (χ2n) is 9.40. The smallest absolute Gasteiger partial charge is 0.166 e. The third kappa shape index (κ3) is 5.58. The second kappa shape index (κ2) is 11.3. The van der Waals surface area contributed by atoms with E-state index in [-0.39, 0.29) is 17.5 Å². The van der Waals surface area contributed by atoms with Crippen molar-refractivity contribution >= 4 is 10.9 Å². The molecule has 0 amide bonds. The first-order chi connectivity index (χ1) is 19.5. The zero-order valence-corrected chi connectivity index (χ0v) is 22.2. The fourth-order valence-corrected chi connectivity index (χ4v) is 6.73. The summed E-state index contributed by atoms with van der Waals surface area (Å²) in [6, 6.07) is 44.7. The molecule has 0 saturated heterocycles. The van der Waals surface area contributed by atoms with Gasteiger partial charge in [-0.25, -0.2) is 13.2 Å². The monoisotopic (exact) mass is 545 g/mol. The van der Waals surface area contributed by atoms with E-state index in [1.807, 2.05) is 0 Å². The van der Waals surface area contributed by atoms with Gasteiger partial charge in [0.25, 0.3) is 0 Å². The van der Waals surface area contributed by atoms with Crippen molar-refractivity contribution < 1.29 is 13.2 Å². The van der Waals surface area contributed by atoms with Crippen molar-refractivity contribution in [2.45, 2.75) is 14.7 Å². The molecule has 0 N–H and O–H groups in total. The Hall–Kier alpha value is -4.54. The topological polar surface area (TPSA) is 0 Å². The molecular weight excluding hydrogens is 521 g/mol. The predicted octanol–water partition coefficient (Wildman–Crippen LogP) is 10.2. The molecule has 0 heterocycles. The van der Waals surface area contributed by atoms with E-state index in [1.165, 1.54) is 36.4 Å². The minimum atomic E-state index is -0.400. The van der Waals surface area contributed by atoms with Gasteiger partial charge in [0.1, 0.15) is 17.5 Å². The Morgan fingerprint density at radius 2 is 0.425 bits per heavy atom. The van der Waals surface area contributed by atoms with Crippen LogP contribution in [0.2, 0.25) is 0 Å². The normalized spacial score (nSPS) is 11.1. The fraction of sp³-hybridized carbons (Fsp3) is 0. The van der Waals surface area contributed by atoms with Gasteiger partial charge in [0.15, 0.2) is 14.7 Å². The van der Waals surface area contributed by atoms with E-state index < -0.39 is 10.9 Å². The number of halogens is 3. The maximum absolute atomic E-state index is 13.4. The van der Waals surface area contributed by atoms with E-state index in [1.54, 1.807) is 36.4 Å². The van der Waals surface area contributed by atoms with Crippen LogP contribution in [0.4, 0.5) is 13.2 Å². The number of benzene rings is 6. The van der Waals surface area contributed by atoms with Crippen LogP contribution in [0, 0.1) is 17.5 Å². The molecule has 0 aromatic heterocycles. The van der Waals surface area contributed by atoms with Gasteiger partial charge in [-0.15, -0.1) is 0 Å². The van der Waals surface area contributed by atoms with Crippen molar-refractivity contribution in [3.63, 3.8) is 0 Å². The first kappa shape index (κ1) is 25.7. The van der Waals surface area contributed by atoms with Gasteiger partial charge in [0, 0.05) is 0 Å². The van der Waals surface area contributed by atoms with Crippen molar-refractivity contribution in [1.82, 2.24) is 0 Å². The third-order valence-corrected chi connectivity index (χ3v) is 9.03. The van der Waals surface area contributed by atoms with E-state index >= 15 is 0 Å². The Kier molecular flexibility index (Phi) is 7.26. The molecule has 0 radical (unpaired) electrons. The number of hydrogen-bond acceptors (Lipinski definition) is 0. The Balaban J connectivity index is 1.37. The minimum absolute atomic E-state index is 0.255. The molecule has 0 aliphatic heterocycles. The highest BCUT2D eigenvalue weighted by molar-refractivity contribution is 7.97. The molecule has 0 nitrogen and oxygen atoms in total. The Bertz CT molecular complexity index is 1500. The first-order valence-electron chi connectivity index (χ1n) is 12.9. The standard InChI is InChI=1S/C36H24F3S/c37-31-13-1-25(2-14-31)28-7-19-34(20-8-28)40(35-21-9-29(10-22-35)26-3-15-32(38)16-4-26)36-23-11-30(12-24-36)27-5-17-33(39)18-6-27/h1-24H/q+1. The summed E-state index contributed by atoms with van der Waals surface area (Å²) in [5.41, 5.74) is 5.93. The molecule has 6 rings (SSSR count). The molecule has 194 valence electrons. The highest BCUT2D eigenvalue weighted by atomic mass is 32.2. The molecule has 0 fully saturated rings. The maximum Gasteiger partial charge on any atom is 0.166 e. The number of hydrogen-bond donors (Lipinski definition) is 0. The summed E-state index contributed by atoms with van der Waals surface area (Å²) < 4.78 is 40.3. The summed E-state index contributed by atoms with van der Waals surface area (Å²) in [4.78, 5) is 3.44. The van der Waals surface area contributed by atoms with Gasteiger partial charge >= 0.3 is 0 Å². The lowest BCUT2D eigenvalue weighted by Gasteiger charge is -2.11. The molecule has 0 bridgehead atoms. The van der Waals surface area contributed by atoms with E-state index in [0.717, 1.165) is 48.1 Å². The van der Waals surface area contributed by atoms with Gasteiger partial charge in [-0.05, 0) is 143 Å². The summed E-state index contributed by atoms with van der Waals surface area (Å²) >= 11 is 0. The lowest BCUT2D eigenvalue weighted by molar-refractivity contribution is 0.627. The molecule has 0 saturated carbocycles. The first-order valence-corrected chi connectivity index (χ1v) is 14.1. The molecule has 0 atom stereocenters. The van der Waals surface area contributed by atoms with E-state index in [0.29, 0.717) is 0 Å². The van der Waals surface area contributed by atoms with Crippen LogP contribution in [-0.2, 0) is 10.9 Å².